The van der Waals surface area contributed by atoms with Crippen LogP contribution in [0.5, 0.6) is 0 Å². The SMILES string of the molecule is Cc1ccc(Cl)cc1C(=O)NCCNCC(C)O. The van der Waals surface area contributed by atoms with Gasteiger partial charge in [0.1, 0.15) is 0 Å². The normalized spacial score (nSPS) is 12.2. The molecule has 1 atom stereocenters. The molecule has 0 saturated carbocycles. The van der Waals surface area contributed by atoms with Crippen molar-refractivity contribution in [3.05, 3.63) is 34.3 Å². The van der Waals surface area contributed by atoms with E-state index in [2.05, 4.69) is 10.6 Å². The standard InChI is InChI=1S/C13H19ClN2O2/c1-9-3-4-11(14)7-12(9)13(18)16-6-5-15-8-10(2)17/h3-4,7,10,15,17H,5-6,8H2,1-2H3,(H,16,18). The van der Waals surface area contributed by atoms with Gasteiger partial charge in [-0.3, -0.25) is 4.79 Å². The quantitative estimate of drug-likeness (QED) is 0.684. The average Bonchev–Trinajstić information content (AvgIpc) is 2.31. The third-order valence-electron chi connectivity index (χ3n) is 2.47. The van der Waals surface area contributed by atoms with E-state index >= 15 is 0 Å². The summed E-state index contributed by atoms with van der Waals surface area (Å²) in [6.07, 6.45) is -0.379. The molecule has 0 saturated heterocycles. The average molecular weight is 271 g/mol. The first kappa shape index (κ1) is 15.0. The van der Waals surface area contributed by atoms with Crippen LogP contribution in [0.15, 0.2) is 18.2 Å². The summed E-state index contributed by atoms with van der Waals surface area (Å²) in [7, 11) is 0. The van der Waals surface area contributed by atoms with Gasteiger partial charge in [-0.15, -0.1) is 0 Å². The Hall–Kier alpha value is -1.10. The van der Waals surface area contributed by atoms with Crippen molar-refractivity contribution < 1.29 is 9.90 Å². The van der Waals surface area contributed by atoms with Crippen molar-refractivity contribution in [3.8, 4) is 0 Å². The van der Waals surface area contributed by atoms with Gasteiger partial charge in [-0.05, 0) is 31.5 Å². The zero-order chi connectivity index (χ0) is 13.5. The van der Waals surface area contributed by atoms with Gasteiger partial charge < -0.3 is 15.7 Å². The van der Waals surface area contributed by atoms with Crippen LogP contribution < -0.4 is 10.6 Å². The lowest BCUT2D eigenvalue weighted by molar-refractivity contribution is 0.0953. The Balaban J connectivity index is 2.39. The van der Waals surface area contributed by atoms with Crippen LogP contribution in [0.4, 0.5) is 0 Å². The summed E-state index contributed by atoms with van der Waals surface area (Å²) in [6.45, 7) is 5.23. The van der Waals surface area contributed by atoms with Gasteiger partial charge in [0, 0.05) is 30.2 Å². The Labute approximate surface area is 112 Å². The molecule has 1 aromatic carbocycles. The number of aliphatic hydroxyl groups excluding tert-OH is 1. The zero-order valence-corrected chi connectivity index (χ0v) is 11.4. The number of aryl methyl sites for hydroxylation is 1. The summed E-state index contributed by atoms with van der Waals surface area (Å²) in [5.41, 5.74) is 1.49. The summed E-state index contributed by atoms with van der Waals surface area (Å²) < 4.78 is 0. The molecule has 0 bridgehead atoms. The number of carbonyl (C=O) groups is 1. The van der Waals surface area contributed by atoms with Crippen LogP contribution in [-0.2, 0) is 0 Å². The van der Waals surface area contributed by atoms with Gasteiger partial charge in [0.2, 0.25) is 0 Å². The highest BCUT2D eigenvalue weighted by Gasteiger charge is 2.08. The molecule has 0 spiro atoms. The van der Waals surface area contributed by atoms with Crippen LogP contribution in [0, 0.1) is 6.92 Å². The number of hydrogen-bond acceptors (Lipinski definition) is 3. The molecule has 0 aromatic heterocycles. The van der Waals surface area contributed by atoms with Crippen LogP contribution in [0.3, 0.4) is 0 Å². The van der Waals surface area contributed by atoms with E-state index in [0.717, 1.165) is 5.56 Å². The molecule has 5 heteroatoms. The highest BCUT2D eigenvalue weighted by atomic mass is 35.5. The van der Waals surface area contributed by atoms with Gasteiger partial charge in [0.05, 0.1) is 6.10 Å². The van der Waals surface area contributed by atoms with Crippen molar-refractivity contribution in [1.29, 1.82) is 0 Å². The lowest BCUT2D eigenvalue weighted by Crippen LogP contribution is -2.34. The number of hydrogen-bond donors (Lipinski definition) is 3. The van der Waals surface area contributed by atoms with Crippen LogP contribution in [0.1, 0.15) is 22.8 Å². The van der Waals surface area contributed by atoms with Crippen molar-refractivity contribution in [3.63, 3.8) is 0 Å². The number of aliphatic hydroxyl groups is 1. The summed E-state index contributed by atoms with van der Waals surface area (Å²) in [6, 6.07) is 5.25. The van der Waals surface area contributed by atoms with Crippen molar-refractivity contribution in [2.45, 2.75) is 20.0 Å². The first-order valence-corrected chi connectivity index (χ1v) is 6.31. The molecule has 0 aliphatic rings. The highest BCUT2D eigenvalue weighted by Crippen LogP contribution is 2.14. The van der Waals surface area contributed by atoms with Gasteiger partial charge >= 0.3 is 0 Å². The third-order valence-corrected chi connectivity index (χ3v) is 2.71. The van der Waals surface area contributed by atoms with Gasteiger partial charge in [-0.1, -0.05) is 17.7 Å². The predicted octanol–water partition coefficient (Wildman–Crippen LogP) is 1.35. The summed E-state index contributed by atoms with van der Waals surface area (Å²) in [5, 5.41) is 15.4. The summed E-state index contributed by atoms with van der Waals surface area (Å²) in [4.78, 5) is 11.9. The number of nitrogens with one attached hydrogen (secondary N) is 2. The summed E-state index contributed by atoms with van der Waals surface area (Å²) >= 11 is 5.86. The minimum absolute atomic E-state index is 0.131. The maximum atomic E-state index is 11.9. The van der Waals surface area contributed by atoms with E-state index in [-0.39, 0.29) is 12.0 Å². The number of halogens is 1. The van der Waals surface area contributed by atoms with E-state index in [4.69, 9.17) is 16.7 Å². The lowest BCUT2D eigenvalue weighted by atomic mass is 10.1. The molecule has 0 aliphatic carbocycles. The molecule has 100 valence electrons. The van der Waals surface area contributed by atoms with Crippen LogP contribution in [0.25, 0.3) is 0 Å². The molecule has 0 heterocycles. The van der Waals surface area contributed by atoms with Crippen LogP contribution in [-0.4, -0.2) is 36.8 Å². The fourth-order valence-electron chi connectivity index (χ4n) is 1.51. The van der Waals surface area contributed by atoms with E-state index in [0.29, 0.717) is 30.2 Å². The topological polar surface area (TPSA) is 61.4 Å². The molecular weight excluding hydrogens is 252 g/mol. The number of carbonyl (C=O) groups excluding carboxylic acids is 1. The van der Waals surface area contributed by atoms with E-state index in [9.17, 15) is 4.79 Å². The Bertz CT molecular complexity index is 408. The Morgan fingerprint density at radius 1 is 1.44 bits per heavy atom. The van der Waals surface area contributed by atoms with Crippen molar-refractivity contribution >= 4 is 17.5 Å². The highest BCUT2D eigenvalue weighted by molar-refractivity contribution is 6.31. The van der Waals surface area contributed by atoms with E-state index in [1.165, 1.54) is 0 Å². The number of rotatable bonds is 6. The van der Waals surface area contributed by atoms with Crippen LogP contribution >= 0.6 is 11.6 Å². The molecule has 0 aliphatic heterocycles. The Morgan fingerprint density at radius 2 is 2.17 bits per heavy atom. The molecule has 3 N–H and O–H groups in total. The van der Waals surface area contributed by atoms with E-state index in [1.54, 1.807) is 19.1 Å². The third kappa shape index (κ3) is 5.04. The first-order chi connectivity index (χ1) is 8.50. The van der Waals surface area contributed by atoms with Crippen molar-refractivity contribution in [2.24, 2.45) is 0 Å². The largest absolute Gasteiger partial charge is 0.392 e. The molecule has 1 amide bonds. The maximum absolute atomic E-state index is 11.9. The van der Waals surface area contributed by atoms with Crippen LogP contribution in [0.2, 0.25) is 5.02 Å². The molecular formula is C13H19ClN2O2. The predicted molar refractivity (Wildman–Crippen MR) is 73.1 cm³/mol. The molecule has 18 heavy (non-hydrogen) atoms. The van der Waals surface area contributed by atoms with Crippen molar-refractivity contribution in [2.75, 3.05) is 19.6 Å². The Morgan fingerprint density at radius 3 is 2.83 bits per heavy atom. The minimum Gasteiger partial charge on any atom is -0.392 e. The molecule has 4 nitrogen and oxygen atoms in total. The fourth-order valence-corrected chi connectivity index (χ4v) is 1.68. The lowest BCUT2D eigenvalue weighted by Gasteiger charge is -2.09. The summed E-state index contributed by atoms with van der Waals surface area (Å²) in [5.74, 6) is -0.131. The second-order valence-electron chi connectivity index (χ2n) is 4.27. The second kappa shape index (κ2) is 7.36. The Kier molecular flexibility index (Phi) is 6.12. The molecule has 1 rings (SSSR count). The van der Waals surface area contributed by atoms with Gasteiger partial charge in [0.15, 0.2) is 0 Å². The zero-order valence-electron chi connectivity index (χ0n) is 10.7. The van der Waals surface area contributed by atoms with Gasteiger partial charge in [0.25, 0.3) is 5.91 Å². The second-order valence-corrected chi connectivity index (χ2v) is 4.70. The number of benzene rings is 1. The molecule has 0 fully saturated rings. The van der Waals surface area contributed by atoms with Gasteiger partial charge in [-0.2, -0.15) is 0 Å². The molecule has 0 radical (unpaired) electrons. The molecule has 1 aromatic rings. The monoisotopic (exact) mass is 270 g/mol. The van der Waals surface area contributed by atoms with E-state index < -0.39 is 0 Å². The van der Waals surface area contributed by atoms with E-state index in [1.807, 2.05) is 13.0 Å². The fraction of sp³-hybridized carbons (Fsp3) is 0.462. The minimum atomic E-state index is -0.379. The smallest absolute Gasteiger partial charge is 0.251 e. The van der Waals surface area contributed by atoms with Gasteiger partial charge in [-0.25, -0.2) is 0 Å². The first-order valence-electron chi connectivity index (χ1n) is 5.94. The van der Waals surface area contributed by atoms with Crippen molar-refractivity contribution in [1.82, 2.24) is 10.6 Å². The maximum Gasteiger partial charge on any atom is 0.251 e. The number of amides is 1. The molecule has 1 unspecified atom stereocenters.